The number of hydrogen-bond donors (Lipinski definition) is 1. The van der Waals surface area contributed by atoms with Crippen molar-refractivity contribution in [3.63, 3.8) is 0 Å². The van der Waals surface area contributed by atoms with E-state index < -0.39 is 0 Å². The molecular weight excluding hydrogens is 257 g/mol. The Morgan fingerprint density at radius 2 is 1.85 bits per heavy atom. The number of ether oxygens (including phenoxy) is 1. The molecule has 0 amide bonds. The molecule has 0 saturated heterocycles. The Balaban J connectivity index is 1.78. The highest BCUT2D eigenvalue weighted by Crippen LogP contribution is 2.10. The van der Waals surface area contributed by atoms with Gasteiger partial charge in [-0.3, -0.25) is 4.79 Å². The van der Waals surface area contributed by atoms with Gasteiger partial charge in [-0.2, -0.15) is 0 Å². The highest BCUT2D eigenvalue weighted by Gasteiger charge is 2.05. The van der Waals surface area contributed by atoms with E-state index in [9.17, 15) is 9.18 Å². The van der Waals surface area contributed by atoms with Gasteiger partial charge in [0.15, 0.2) is 0 Å². The van der Waals surface area contributed by atoms with E-state index in [1.165, 1.54) is 12.1 Å². The van der Waals surface area contributed by atoms with Crippen molar-refractivity contribution in [3.05, 3.63) is 65.5 Å². The summed E-state index contributed by atoms with van der Waals surface area (Å²) < 4.78 is 18.0. The van der Waals surface area contributed by atoms with Crippen molar-refractivity contribution in [2.45, 2.75) is 19.4 Å². The third-order valence-corrected chi connectivity index (χ3v) is 2.86. The highest BCUT2D eigenvalue weighted by molar-refractivity contribution is 5.69. The normalized spacial score (nSPS) is 10.2. The molecule has 0 aliphatic heterocycles. The molecule has 0 bridgehead atoms. The molecular formula is C16H16FNO2. The standard InChI is InChI=1S/C16H16FNO2/c17-14-5-1-4-13(9-14)11-20-16(19)8-7-12-3-2-6-15(18)10-12/h1-6,9-10H,7-8,11,18H2. The minimum atomic E-state index is -0.335. The lowest BCUT2D eigenvalue weighted by molar-refractivity contribution is -0.144. The number of halogens is 1. The van der Waals surface area contributed by atoms with Gasteiger partial charge in [-0.25, -0.2) is 4.39 Å². The van der Waals surface area contributed by atoms with Gasteiger partial charge in [0.2, 0.25) is 0 Å². The van der Waals surface area contributed by atoms with Crippen LogP contribution in [0.2, 0.25) is 0 Å². The molecule has 4 heteroatoms. The number of anilines is 1. The lowest BCUT2D eigenvalue weighted by Crippen LogP contribution is -2.06. The molecule has 0 aliphatic carbocycles. The molecule has 104 valence electrons. The first-order valence-electron chi connectivity index (χ1n) is 6.38. The Morgan fingerprint density at radius 3 is 2.60 bits per heavy atom. The van der Waals surface area contributed by atoms with Crippen molar-refractivity contribution >= 4 is 11.7 Å². The SMILES string of the molecule is Nc1cccc(CCC(=O)OCc2cccc(F)c2)c1. The van der Waals surface area contributed by atoms with Crippen molar-refractivity contribution in [2.75, 3.05) is 5.73 Å². The van der Waals surface area contributed by atoms with Crippen molar-refractivity contribution < 1.29 is 13.9 Å². The molecule has 20 heavy (non-hydrogen) atoms. The number of rotatable bonds is 5. The molecule has 0 fully saturated rings. The van der Waals surface area contributed by atoms with E-state index in [0.29, 0.717) is 17.7 Å². The third-order valence-electron chi connectivity index (χ3n) is 2.86. The summed E-state index contributed by atoms with van der Waals surface area (Å²) >= 11 is 0. The van der Waals surface area contributed by atoms with Gasteiger partial charge in [0.1, 0.15) is 12.4 Å². The minimum absolute atomic E-state index is 0.0908. The zero-order chi connectivity index (χ0) is 14.4. The zero-order valence-corrected chi connectivity index (χ0v) is 11.0. The first kappa shape index (κ1) is 14.1. The van der Waals surface area contributed by atoms with Crippen LogP contribution in [0.4, 0.5) is 10.1 Å². The molecule has 2 N–H and O–H groups in total. The second-order valence-electron chi connectivity index (χ2n) is 4.54. The number of nitrogen functional groups attached to an aromatic ring is 1. The van der Waals surface area contributed by atoms with Crippen LogP contribution in [-0.2, 0) is 22.6 Å². The predicted molar refractivity (Wildman–Crippen MR) is 75.4 cm³/mol. The van der Waals surface area contributed by atoms with E-state index in [4.69, 9.17) is 10.5 Å². The molecule has 2 aromatic carbocycles. The maximum absolute atomic E-state index is 12.9. The van der Waals surface area contributed by atoms with Gasteiger partial charge in [-0.1, -0.05) is 24.3 Å². The molecule has 0 saturated carbocycles. The van der Waals surface area contributed by atoms with Crippen LogP contribution in [-0.4, -0.2) is 5.97 Å². The van der Waals surface area contributed by atoms with Gasteiger partial charge in [0.25, 0.3) is 0 Å². The summed E-state index contributed by atoms with van der Waals surface area (Å²) in [5, 5.41) is 0. The van der Waals surface area contributed by atoms with Gasteiger partial charge < -0.3 is 10.5 Å². The summed E-state index contributed by atoms with van der Waals surface area (Å²) in [5.74, 6) is -0.644. The summed E-state index contributed by atoms with van der Waals surface area (Å²) in [6.45, 7) is 0.0908. The maximum atomic E-state index is 12.9. The Labute approximate surface area is 117 Å². The van der Waals surface area contributed by atoms with Gasteiger partial charge in [0, 0.05) is 12.1 Å². The number of nitrogens with two attached hydrogens (primary N) is 1. The van der Waals surface area contributed by atoms with Crippen LogP contribution >= 0.6 is 0 Å². The Hall–Kier alpha value is -2.36. The molecule has 0 spiro atoms. The second kappa shape index (κ2) is 6.70. The third kappa shape index (κ3) is 4.39. The van der Waals surface area contributed by atoms with Crippen LogP contribution in [0.1, 0.15) is 17.5 Å². The molecule has 3 nitrogen and oxygen atoms in total. The van der Waals surface area contributed by atoms with Crippen LogP contribution in [0.5, 0.6) is 0 Å². The monoisotopic (exact) mass is 273 g/mol. The van der Waals surface area contributed by atoms with Crippen molar-refractivity contribution in [1.29, 1.82) is 0 Å². The molecule has 0 unspecified atom stereocenters. The second-order valence-corrected chi connectivity index (χ2v) is 4.54. The summed E-state index contributed by atoms with van der Waals surface area (Å²) in [4.78, 5) is 11.6. The van der Waals surface area contributed by atoms with E-state index in [2.05, 4.69) is 0 Å². The number of carbonyl (C=O) groups is 1. The summed E-state index contributed by atoms with van der Waals surface area (Å²) in [7, 11) is 0. The van der Waals surface area contributed by atoms with Crippen LogP contribution < -0.4 is 5.73 Å². The van der Waals surface area contributed by atoms with Crippen LogP contribution in [0.3, 0.4) is 0 Å². The minimum Gasteiger partial charge on any atom is -0.461 e. The van der Waals surface area contributed by atoms with Gasteiger partial charge >= 0.3 is 5.97 Å². The Kier molecular flexibility index (Phi) is 4.71. The topological polar surface area (TPSA) is 52.3 Å². The maximum Gasteiger partial charge on any atom is 0.306 e. The zero-order valence-electron chi connectivity index (χ0n) is 11.0. The summed E-state index contributed by atoms with van der Waals surface area (Å²) in [6, 6.07) is 13.4. The quantitative estimate of drug-likeness (QED) is 0.672. The Morgan fingerprint density at radius 1 is 1.10 bits per heavy atom. The van der Waals surface area contributed by atoms with Crippen molar-refractivity contribution in [3.8, 4) is 0 Å². The smallest absolute Gasteiger partial charge is 0.306 e. The molecule has 0 aromatic heterocycles. The summed E-state index contributed by atoms with van der Waals surface area (Å²) in [6.07, 6.45) is 0.853. The number of benzene rings is 2. The molecule has 0 atom stereocenters. The van der Waals surface area contributed by atoms with E-state index in [1.807, 2.05) is 18.2 Å². The van der Waals surface area contributed by atoms with Crippen LogP contribution in [0.15, 0.2) is 48.5 Å². The number of carbonyl (C=O) groups excluding carboxylic acids is 1. The Bertz CT molecular complexity index is 547. The number of aryl methyl sites for hydroxylation is 1. The first-order valence-corrected chi connectivity index (χ1v) is 6.38. The van der Waals surface area contributed by atoms with Crippen LogP contribution in [0, 0.1) is 5.82 Å². The molecule has 0 radical (unpaired) electrons. The lowest BCUT2D eigenvalue weighted by atomic mass is 10.1. The molecule has 0 aliphatic rings. The van der Waals surface area contributed by atoms with E-state index >= 15 is 0 Å². The fourth-order valence-electron chi connectivity index (χ4n) is 1.86. The highest BCUT2D eigenvalue weighted by atomic mass is 19.1. The van der Waals surface area contributed by atoms with Crippen LogP contribution in [0.25, 0.3) is 0 Å². The average Bonchev–Trinajstić information content (AvgIpc) is 2.43. The van der Waals surface area contributed by atoms with E-state index in [0.717, 1.165) is 5.56 Å². The largest absolute Gasteiger partial charge is 0.461 e. The van der Waals surface area contributed by atoms with Crippen molar-refractivity contribution in [2.24, 2.45) is 0 Å². The van der Waals surface area contributed by atoms with E-state index in [1.54, 1.807) is 18.2 Å². The van der Waals surface area contributed by atoms with Gasteiger partial charge in [-0.05, 0) is 41.8 Å². The van der Waals surface area contributed by atoms with Gasteiger partial charge in [-0.15, -0.1) is 0 Å². The first-order chi connectivity index (χ1) is 9.63. The van der Waals surface area contributed by atoms with Gasteiger partial charge in [0.05, 0.1) is 0 Å². The fraction of sp³-hybridized carbons (Fsp3) is 0.188. The van der Waals surface area contributed by atoms with E-state index in [-0.39, 0.29) is 24.8 Å². The fourth-order valence-corrected chi connectivity index (χ4v) is 1.86. The molecule has 2 aromatic rings. The average molecular weight is 273 g/mol. The summed E-state index contributed by atoms with van der Waals surface area (Å²) in [5.41, 5.74) is 7.97. The number of hydrogen-bond acceptors (Lipinski definition) is 3. The predicted octanol–water partition coefficient (Wildman–Crippen LogP) is 3.08. The number of esters is 1. The van der Waals surface area contributed by atoms with Crippen molar-refractivity contribution in [1.82, 2.24) is 0 Å². The lowest BCUT2D eigenvalue weighted by Gasteiger charge is -2.05. The molecule has 2 rings (SSSR count). The molecule has 0 heterocycles.